The monoisotopic (exact) mass is 539 g/mol. The first-order valence-electron chi connectivity index (χ1n) is 13.0. The normalized spacial score (nSPS) is 19.6. The van der Waals surface area contributed by atoms with E-state index in [1.807, 2.05) is 12.1 Å². The number of ketones is 2. The van der Waals surface area contributed by atoms with Gasteiger partial charge in [-0.25, -0.2) is 4.99 Å². The average Bonchev–Trinajstić information content (AvgIpc) is 3.22. The zero-order valence-electron chi connectivity index (χ0n) is 21.8. The van der Waals surface area contributed by atoms with Crippen molar-refractivity contribution in [1.82, 2.24) is 4.90 Å². The molecule has 0 bridgehead atoms. The Kier molecular flexibility index (Phi) is 7.74. The van der Waals surface area contributed by atoms with E-state index in [4.69, 9.17) is 4.99 Å². The van der Waals surface area contributed by atoms with E-state index in [1.165, 1.54) is 31.2 Å². The second-order valence-electron chi connectivity index (χ2n) is 9.80. The van der Waals surface area contributed by atoms with Crippen LogP contribution in [0.4, 0.5) is 11.4 Å². The summed E-state index contributed by atoms with van der Waals surface area (Å²) in [4.78, 5) is 56.6. The van der Waals surface area contributed by atoms with Crippen molar-refractivity contribution in [3.63, 3.8) is 0 Å². The minimum Gasteiger partial charge on any atom is -0.326 e. The van der Waals surface area contributed by atoms with Crippen LogP contribution in [0.1, 0.15) is 71.0 Å². The number of thioether (sulfide) groups is 1. The van der Waals surface area contributed by atoms with Gasteiger partial charge in [0.15, 0.2) is 16.7 Å². The Hall–Kier alpha value is -4.04. The van der Waals surface area contributed by atoms with Gasteiger partial charge < -0.3 is 5.32 Å². The van der Waals surface area contributed by atoms with Crippen molar-refractivity contribution < 1.29 is 19.2 Å². The average molecular weight is 540 g/mol. The number of carbonyl (C=O) groups excluding carboxylic acids is 4. The SMILES string of the molecule is CC(=O)c1ccc(N=C2S[C@H](CC(=O)Nc3ccc(C(C)=O)cc3)C(=O)N2[C@H]2CCCc3ccccc32)cc1. The van der Waals surface area contributed by atoms with E-state index in [-0.39, 0.29) is 35.8 Å². The number of fused-ring (bicyclic) bond motifs is 1. The molecule has 0 unspecified atom stereocenters. The Morgan fingerprint density at radius 1 is 0.923 bits per heavy atom. The Balaban J connectivity index is 1.41. The number of aliphatic imine (C=N–C) groups is 1. The minimum absolute atomic E-state index is 0.00881. The van der Waals surface area contributed by atoms with Gasteiger partial charge in [0.2, 0.25) is 11.8 Å². The van der Waals surface area contributed by atoms with E-state index in [1.54, 1.807) is 53.4 Å². The lowest BCUT2D eigenvalue weighted by Gasteiger charge is -2.33. The van der Waals surface area contributed by atoms with Crippen LogP contribution in [0.2, 0.25) is 0 Å². The molecular weight excluding hydrogens is 510 g/mol. The van der Waals surface area contributed by atoms with Gasteiger partial charge in [-0.3, -0.25) is 24.1 Å². The Bertz CT molecular complexity index is 1460. The van der Waals surface area contributed by atoms with Gasteiger partial charge in [0.25, 0.3) is 0 Å². The maximum absolute atomic E-state index is 13.8. The van der Waals surface area contributed by atoms with E-state index in [2.05, 4.69) is 17.4 Å². The van der Waals surface area contributed by atoms with Gasteiger partial charge in [0, 0.05) is 23.2 Å². The maximum atomic E-state index is 13.8. The number of aryl methyl sites for hydroxylation is 1. The predicted octanol–water partition coefficient (Wildman–Crippen LogP) is 6.13. The summed E-state index contributed by atoms with van der Waals surface area (Å²) >= 11 is 1.30. The number of hydrogen-bond acceptors (Lipinski definition) is 6. The van der Waals surface area contributed by atoms with Crippen molar-refractivity contribution in [2.45, 2.75) is 50.8 Å². The summed E-state index contributed by atoms with van der Waals surface area (Å²) in [6, 6.07) is 21.7. The first-order chi connectivity index (χ1) is 18.8. The van der Waals surface area contributed by atoms with Gasteiger partial charge in [-0.2, -0.15) is 0 Å². The van der Waals surface area contributed by atoms with E-state index in [0.29, 0.717) is 27.7 Å². The fraction of sp³-hybridized carbons (Fsp3) is 0.258. The van der Waals surface area contributed by atoms with E-state index in [0.717, 1.165) is 24.8 Å². The molecule has 3 aromatic carbocycles. The van der Waals surface area contributed by atoms with Crippen molar-refractivity contribution in [3.8, 4) is 0 Å². The summed E-state index contributed by atoms with van der Waals surface area (Å²) in [6.07, 6.45) is 2.73. The number of amides is 2. The number of benzene rings is 3. The highest BCUT2D eigenvalue weighted by Gasteiger charge is 2.44. The summed E-state index contributed by atoms with van der Waals surface area (Å²) in [5, 5.41) is 2.78. The topological polar surface area (TPSA) is 95.9 Å². The highest BCUT2D eigenvalue weighted by Crippen LogP contribution is 2.42. The van der Waals surface area contributed by atoms with Crippen LogP contribution >= 0.6 is 11.8 Å². The van der Waals surface area contributed by atoms with Crippen LogP contribution in [0.5, 0.6) is 0 Å². The molecule has 0 radical (unpaired) electrons. The summed E-state index contributed by atoms with van der Waals surface area (Å²) in [7, 11) is 0. The fourth-order valence-electron chi connectivity index (χ4n) is 5.03. The molecule has 0 aromatic heterocycles. The molecule has 1 fully saturated rings. The number of carbonyl (C=O) groups is 4. The first kappa shape index (κ1) is 26.6. The smallest absolute Gasteiger partial charge is 0.243 e. The molecule has 1 heterocycles. The van der Waals surface area contributed by atoms with Gasteiger partial charge in [-0.15, -0.1) is 0 Å². The standard InChI is InChI=1S/C31H29N3O4S/c1-19(35)21-10-14-24(15-11-21)32-29(37)18-28-30(38)34(27-9-5-7-23-6-3-4-8-26(23)27)31(39-28)33-25-16-12-22(13-17-25)20(2)36/h3-4,6,8,10-17,27-28H,5,7,9,18H2,1-2H3,(H,32,37)/t27-,28+/m0/s1. The zero-order chi connectivity index (χ0) is 27.5. The number of anilines is 1. The lowest BCUT2D eigenvalue weighted by molar-refractivity contribution is -0.129. The van der Waals surface area contributed by atoms with Crippen molar-refractivity contribution in [3.05, 3.63) is 95.1 Å². The Labute approximate surface area is 231 Å². The van der Waals surface area contributed by atoms with Crippen molar-refractivity contribution in [2.24, 2.45) is 4.99 Å². The number of nitrogens with one attached hydrogen (secondary N) is 1. The lowest BCUT2D eigenvalue weighted by Crippen LogP contribution is -2.38. The molecule has 2 atom stereocenters. The summed E-state index contributed by atoms with van der Waals surface area (Å²) in [5.41, 5.74) is 4.71. The molecule has 1 aliphatic carbocycles. The fourth-order valence-corrected chi connectivity index (χ4v) is 6.22. The van der Waals surface area contributed by atoms with Gasteiger partial charge >= 0.3 is 0 Å². The summed E-state index contributed by atoms with van der Waals surface area (Å²) < 4.78 is 0. The van der Waals surface area contributed by atoms with E-state index >= 15 is 0 Å². The van der Waals surface area contributed by atoms with Gasteiger partial charge in [0.05, 0.1) is 11.7 Å². The van der Waals surface area contributed by atoms with Crippen LogP contribution < -0.4 is 5.32 Å². The molecular formula is C31H29N3O4S. The first-order valence-corrected chi connectivity index (χ1v) is 13.9. The van der Waals surface area contributed by atoms with Gasteiger partial charge in [-0.1, -0.05) is 36.0 Å². The molecule has 2 amide bonds. The number of rotatable bonds is 7. The molecule has 1 aliphatic heterocycles. The Morgan fingerprint density at radius 2 is 1.56 bits per heavy atom. The van der Waals surface area contributed by atoms with Crippen molar-refractivity contribution in [1.29, 1.82) is 0 Å². The van der Waals surface area contributed by atoms with E-state index < -0.39 is 5.25 Å². The lowest BCUT2D eigenvalue weighted by atomic mass is 9.87. The molecule has 5 rings (SSSR count). The quantitative estimate of drug-likeness (QED) is 0.365. The number of amidine groups is 1. The molecule has 1 saturated heterocycles. The van der Waals surface area contributed by atoms with Crippen LogP contribution in [-0.2, 0) is 16.0 Å². The zero-order valence-corrected chi connectivity index (χ0v) is 22.7. The molecule has 0 spiro atoms. The third-order valence-electron chi connectivity index (χ3n) is 7.06. The molecule has 7 nitrogen and oxygen atoms in total. The molecule has 8 heteroatoms. The summed E-state index contributed by atoms with van der Waals surface area (Å²) in [5.74, 6) is -0.495. The minimum atomic E-state index is -0.620. The summed E-state index contributed by atoms with van der Waals surface area (Å²) in [6.45, 7) is 3.01. The third-order valence-corrected chi connectivity index (χ3v) is 8.21. The maximum Gasteiger partial charge on any atom is 0.243 e. The van der Waals surface area contributed by atoms with Crippen molar-refractivity contribution in [2.75, 3.05) is 5.32 Å². The molecule has 198 valence electrons. The number of Topliss-reactive ketones (excluding diaryl/α,β-unsaturated/α-hetero) is 2. The molecule has 1 N–H and O–H groups in total. The highest BCUT2D eigenvalue weighted by atomic mass is 32.2. The van der Waals surface area contributed by atoms with Crippen LogP contribution in [0, 0.1) is 0 Å². The molecule has 39 heavy (non-hydrogen) atoms. The van der Waals surface area contributed by atoms with Crippen LogP contribution in [0.25, 0.3) is 0 Å². The van der Waals surface area contributed by atoms with Crippen molar-refractivity contribution >= 4 is 51.7 Å². The number of nitrogens with zero attached hydrogens (tertiary/aromatic N) is 2. The van der Waals surface area contributed by atoms with Crippen LogP contribution in [-0.4, -0.2) is 38.7 Å². The van der Waals surface area contributed by atoms with Crippen LogP contribution in [0.15, 0.2) is 77.8 Å². The predicted molar refractivity (Wildman–Crippen MR) is 154 cm³/mol. The van der Waals surface area contributed by atoms with Gasteiger partial charge in [0.1, 0.15) is 5.25 Å². The highest BCUT2D eigenvalue weighted by molar-refractivity contribution is 8.15. The second kappa shape index (κ2) is 11.4. The largest absolute Gasteiger partial charge is 0.326 e. The third kappa shape index (κ3) is 5.86. The molecule has 2 aliphatic rings. The molecule has 0 saturated carbocycles. The molecule has 3 aromatic rings. The van der Waals surface area contributed by atoms with Crippen LogP contribution in [0.3, 0.4) is 0 Å². The number of hydrogen-bond donors (Lipinski definition) is 1. The van der Waals surface area contributed by atoms with E-state index in [9.17, 15) is 19.2 Å². The Morgan fingerprint density at radius 3 is 2.23 bits per heavy atom. The van der Waals surface area contributed by atoms with Gasteiger partial charge in [-0.05, 0) is 92.8 Å². The second-order valence-corrected chi connectivity index (χ2v) is 11.0.